The summed E-state index contributed by atoms with van der Waals surface area (Å²) >= 11 is 0. The van der Waals surface area contributed by atoms with Crippen LogP contribution in [-0.4, -0.2) is 122 Å². The van der Waals surface area contributed by atoms with Crippen molar-refractivity contribution in [1.29, 1.82) is 0 Å². The summed E-state index contributed by atoms with van der Waals surface area (Å²) in [7, 11) is 0. The molecule has 2 heterocycles. The summed E-state index contributed by atoms with van der Waals surface area (Å²) in [6.07, 6.45) is -11.5. The van der Waals surface area contributed by atoms with Crippen LogP contribution in [0.25, 0.3) is 0 Å². The Morgan fingerprint density at radius 1 is 0.708 bits per heavy atom. The van der Waals surface area contributed by atoms with E-state index in [2.05, 4.69) is 5.32 Å². The molecular weight excluding hydrogens is 330 g/mol. The summed E-state index contributed by atoms with van der Waals surface area (Å²) in [5.41, 5.74) is 0. The molecule has 2 rings (SSSR count). The second-order valence-electron chi connectivity index (χ2n) is 6.06. The van der Waals surface area contributed by atoms with E-state index in [1.807, 2.05) is 0 Å². The lowest BCUT2D eigenvalue weighted by molar-refractivity contribution is -0.304. The van der Waals surface area contributed by atoms with Gasteiger partial charge in [0.15, 0.2) is 6.29 Å². The quantitative estimate of drug-likeness (QED) is 0.228. The zero-order chi connectivity index (χ0) is 18.0. The highest BCUT2D eigenvalue weighted by molar-refractivity contribution is 4.98. The number of rotatable bonds is 5. The molecule has 0 unspecified atom stereocenters. The molecule has 142 valence electrons. The van der Waals surface area contributed by atoms with Gasteiger partial charge in [0.25, 0.3) is 0 Å². The van der Waals surface area contributed by atoms with Gasteiger partial charge in [0.05, 0.1) is 44.1 Å². The third-order valence-electron chi connectivity index (χ3n) is 4.44. The Balaban J connectivity index is 1.96. The highest BCUT2D eigenvalue weighted by Crippen LogP contribution is 2.23. The van der Waals surface area contributed by atoms with Gasteiger partial charge < -0.3 is 55.6 Å². The first-order valence-corrected chi connectivity index (χ1v) is 7.65. The minimum atomic E-state index is -1.59. The van der Waals surface area contributed by atoms with E-state index < -0.39 is 74.3 Å². The molecule has 0 bridgehead atoms. The Bertz CT molecular complexity index is 361. The fourth-order valence-corrected chi connectivity index (χ4v) is 2.86. The summed E-state index contributed by atoms with van der Waals surface area (Å²) in [6.45, 7) is -1.39. The van der Waals surface area contributed by atoms with Crippen molar-refractivity contribution < 1.29 is 50.3 Å². The zero-order valence-corrected chi connectivity index (χ0v) is 12.8. The first-order chi connectivity index (χ1) is 11.3. The second-order valence-corrected chi connectivity index (χ2v) is 6.06. The van der Waals surface area contributed by atoms with E-state index in [4.69, 9.17) is 19.7 Å². The van der Waals surface area contributed by atoms with Crippen molar-refractivity contribution >= 4 is 0 Å². The van der Waals surface area contributed by atoms with E-state index >= 15 is 0 Å². The van der Waals surface area contributed by atoms with Crippen LogP contribution in [0.15, 0.2) is 0 Å². The van der Waals surface area contributed by atoms with Crippen molar-refractivity contribution in [1.82, 2.24) is 5.32 Å². The molecule has 2 fully saturated rings. The molecule has 11 nitrogen and oxygen atoms in total. The molecule has 11 heteroatoms. The molecule has 2 aliphatic heterocycles. The van der Waals surface area contributed by atoms with Gasteiger partial charge in [-0.1, -0.05) is 0 Å². The minimum Gasteiger partial charge on any atom is -0.395 e. The molecule has 0 amide bonds. The molecule has 24 heavy (non-hydrogen) atoms. The predicted octanol–water partition coefficient (Wildman–Crippen LogP) is -5.78. The summed E-state index contributed by atoms with van der Waals surface area (Å²) < 4.78 is 10.4. The van der Waals surface area contributed by atoms with E-state index in [9.17, 15) is 30.6 Å². The first-order valence-electron chi connectivity index (χ1n) is 7.65. The van der Waals surface area contributed by atoms with Gasteiger partial charge in [-0.15, -0.1) is 0 Å². The molecule has 10 atom stereocenters. The Morgan fingerprint density at radius 2 is 1.29 bits per heavy atom. The molecule has 0 spiro atoms. The largest absolute Gasteiger partial charge is 0.395 e. The monoisotopic (exact) mass is 355 g/mol. The lowest BCUT2D eigenvalue weighted by Gasteiger charge is -2.43. The highest BCUT2D eigenvalue weighted by atomic mass is 16.7. The van der Waals surface area contributed by atoms with Gasteiger partial charge >= 0.3 is 0 Å². The first kappa shape index (κ1) is 19.9. The fraction of sp³-hybridized carbons (Fsp3) is 1.00. The standard InChI is InChI=1S/C13H25NO10/c15-1-4-7(17)10(20)8(18)5(14-4)3-23-13-12(22)11(21)9(19)6(2-16)24-13/h4-22H,1-3H2/t4-,5-,6-,7+,8-,9-,10-,11+,12-,13-/m1/s1. The summed E-state index contributed by atoms with van der Waals surface area (Å²) in [5, 5.41) is 79.6. The van der Waals surface area contributed by atoms with Crippen LogP contribution in [0.1, 0.15) is 0 Å². The van der Waals surface area contributed by atoms with Crippen LogP contribution in [0.2, 0.25) is 0 Å². The summed E-state index contributed by atoms with van der Waals surface area (Å²) in [4.78, 5) is 0. The fourth-order valence-electron chi connectivity index (χ4n) is 2.86. The van der Waals surface area contributed by atoms with Gasteiger partial charge in [0, 0.05) is 0 Å². The normalized spacial score (nSPS) is 50.0. The SMILES string of the molecule is OC[C@H]1N[C@H](CO[C@@H]2O[C@H](CO)[C@@H](O)[C@H](O)[C@H]2O)[C@@H](O)[C@H](O)[C@H]1O. The Hall–Kier alpha value is -0.440. The van der Waals surface area contributed by atoms with Gasteiger partial charge in [0.2, 0.25) is 0 Å². The van der Waals surface area contributed by atoms with Crippen molar-refractivity contribution in [3.05, 3.63) is 0 Å². The van der Waals surface area contributed by atoms with Crippen molar-refractivity contribution in [2.24, 2.45) is 0 Å². The number of aliphatic hydroxyl groups is 8. The molecule has 2 aliphatic rings. The predicted molar refractivity (Wildman–Crippen MR) is 75.5 cm³/mol. The number of nitrogens with one attached hydrogen (secondary N) is 1. The van der Waals surface area contributed by atoms with Crippen LogP contribution in [0.5, 0.6) is 0 Å². The molecule has 0 aromatic rings. The maximum Gasteiger partial charge on any atom is 0.186 e. The molecule has 0 aliphatic carbocycles. The summed E-state index contributed by atoms with van der Waals surface area (Å²) in [5.74, 6) is 0. The third-order valence-corrected chi connectivity index (χ3v) is 4.44. The maximum atomic E-state index is 9.94. The van der Waals surface area contributed by atoms with Gasteiger partial charge in [-0.05, 0) is 0 Å². The highest BCUT2D eigenvalue weighted by Gasteiger charge is 2.46. The van der Waals surface area contributed by atoms with E-state index in [1.54, 1.807) is 0 Å². The number of piperidine rings is 1. The third kappa shape index (κ3) is 3.86. The van der Waals surface area contributed by atoms with Crippen LogP contribution in [0.3, 0.4) is 0 Å². The average Bonchev–Trinajstić information content (AvgIpc) is 2.58. The lowest BCUT2D eigenvalue weighted by Crippen LogP contribution is -2.67. The van der Waals surface area contributed by atoms with Crippen LogP contribution in [-0.2, 0) is 9.47 Å². The second kappa shape index (κ2) is 8.29. The Morgan fingerprint density at radius 3 is 1.88 bits per heavy atom. The smallest absolute Gasteiger partial charge is 0.186 e. The van der Waals surface area contributed by atoms with Crippen LogP contribution in [0, 0.1) is 0 Å². The van der Waals surface area contributed by atoms with E-state index in [0.29, 0.717) is 0 Å². The minimum absolute atomic E-state index is 0.301. The summed E-state index contributed by atoms with van der Waals surface area (Å²) in [6, 6.07) is -1.78. The molecule has 0 radical (unpaired) electrons. The maximum absolute atomic E-state index is 9.94. The van der Waals surface area contributed by atoms with E-state index in [1.165, 1.54) is 0 Å². The topological polar surface area (TPSA) is 192 Å². The Kier molecular flexibility index (Phi) is 6.87. The van der Waals surface area contributed by atoms with Gasteiger partial charge in [-0.3, -0.25) is 0 Å². The molecule has 0 saturated carbocycles. The van der Waals surface area contributed by atoms with Crippen molar-refractivity contribution in [3.63, 3.8) is 0 Å². The van der Waals surface area contributed by atoms with Gasteiger partial charge in [-0.25, -0.2) is 0 Å². The van der Waals surface area contributed by atoms with Crippen LogP contribution >= 0.6 is 0 Å². The van der Waals surface area contributed by atoms with E-state index in [-0.39, 0.29) is 6.61 Å². The number of hydrogen-bond donors (Lipinski definition) is 9. The number of hydrogen-bond acceptors (Lipinski definition) is 11. The lowest BCUT2D eigenvalue weighted by atomic mass is 9.91. The molecule has 0 aromatic carbocycles. The van der Waals surface area contributed by atoms with Crippen molar-refractivity contribution in [3.8, 4) is 0 Å². The van der Waals surface area contributed by atoms with Crippen LogP contribution in [0.4, 0.5) is 0 Å². The van der Waals surface area contributed by atoms with Gasteiger partial charge in [0.1, 0.15) is 30.5 Å². The number of aliphatic hydroxyl groups excluding tert-OH is 8. The van der Waals surface area contributed by atoms with Crippen LogP contribution < -0.4 is 5.32 Å². The van der Waals surface area contributed by atoms with Crippen molar-refractivity contribution in [2.75, 3.05) is 19.8 Å². The van der Waals surface area contributed by atoms with Crippen molar-refractivity contribution in [2.45, 2.75) is 61.1 Å². The van der Waals surface area contributed by atoms with Gasteiger partial charge in [-0.2, -0.15) is 0 Å². The zero-order valence-electron chi connectivity index (χ0n) is 12.8. The van der Waals surface area contributed by atoms with E-state index in [0.717, 1.165) is 0 Å². The molecule has 2 saturated heterocycles. The molecule has 0 aromatic heterocycles. The number of ether oxygens (including phenoxy) is 2. The molecule has 9 N–H and O–H groups in total. The average molecular weight is 355 g/mol. The molecular formula is C13H25NO10. The Labute approximate surface area is 137 Å².